The Bertz CT molecular complexity index is 441. The quantitative estimate of drug-likeness (QED) is 0.845. The van der Waals surface area contributed by atoms with Crippen molar-refractivity contribution in [1.29, 1.82) is 0 Å². The van der Waals surface area contributed by atoms with E-state index >= 15 is 0 Å². The van der Waals surface area contributed by atoms with Gasteiger partial charge in [0.2, 0.25) is 5.91 Å². The number of rotatable bonds is 6. The Hall–Kier alpha value is -1.88. The summed E-state index contributed by atoms with van der Waals surface area (Å²) in [5.41, 5.74) is 2.18. The molecule has 5 nitrogen and oxygen atoms in total. The fourth-order valence-corrected chi connectivity index (χ4v) is 1.43. The number of aliphatic carboxylic acids is 1. The molecule has 0 bridgehead atoms. The number of benzene rings is 1. The average Bonchev–Trinajstić information content (AvgIpc) is 2.37. The second-order valence-electron chi connectivity index (χ2n) is 4.53. The van der Waals surface area contributed by atoms with Crippen molar-refractivity contribution in [2.75, 3.05) is 13.7 Å². The van der Waals surface area contributed by atoms with Crippen LogP contribution in [0.15, 0.2) is 24.3 Å². The second-order valence-corrected chi connectivity index (χ2v) is 4.53. The predicted octanol–water partition coefficient (Wildman–Crippen LogP) is 1.44. The number of carboxylic acids is 1. The van der Waals surface area contributed by atoms with E-state index in [0.717, 1.165) is 11.1 Å². The molecule has 0 aliphatic heterocycles. The van der Waals surface area contributed by atoms with Gasteiger partial charge in [0.25, 0.3) is 0 Å². The molecule has 104 valence electrons. The molecule has 0 aliphatic rings. The van der Waals surface area contributed by atoms with E-state index in [9.17, 15) is 9.59 Å². The minimum absolute atomic E-state index is 0.226. The normalized spacial score (nSPS) is 11.9. The van der Waals surface area contributed by atoms with Crippen LogP contribution in [0.5, 0.6) is 0 Å². The number of hydrogen-bond donors (Lipinski definition) is 1. The van der Waals surface area contributed by atoms with Crippen LogP contribution >= 0.6 is 0 Å². The number of carbonyl (C=O) groups is 2. The molecule has 1 N–H and O–H groups in total. The van der Waals surface area contributed by atoms with Gasteiger partial charge in [-0.1, -0.05) is 29.8 Å². The van der Waals surface area contributed by atoms with E-state index in [1.165, 1.54) is 11.8 Å². The summed E-state index contributed by atoms with van der Waals surface area (Å²) in [4.78, 5) is 23.8. The molecule has 0 aliphatic carbocycles. The van der Waals surface area contributed by atoms with E-state index in [4.69, 9.17) is 9.84 Å². The van der Waals surface area contributed by atoms with Gasteiger partial charge in [-0.05, 0) is 19.4 Å². The summed E-state index contributed by atoms with van der Waals surface area (Å²) in [6, 6.07) is 7.88. The fourth-order valence-electron chi connectivity index (χ4n) is 1.43. The lowest BCUT2D eigenvalue weighted by atomic mass is 10.1. The number of carboxylic acid groups (broad SMARTS) is 1. The highest BCUT2D eigenvalue weighted by atomic mass is 16.5. The van der Waals surface area contributed by atoms with Crippen LogP contribution in [0.2, 0.25) is 0 Å². The highest BCUT2D eigenvalue weighted by Gasteiger charge is 2.15. The van der Waals surface area contributed by atoms with Crippen molar-refractivity contribution >= 4 is 11.9 Å². The fraction of sp³-hybridized carbons (Fsp3) is 0.429. The molecule has 0 fully saturated rings. The molecule has 0 saturated heterocycles. The summed E-state index contributed by atoms with van der Waals surface area (Å²) in [5.74, 6) is -1.32. The first-order valence-electron chi connectivity index (χ1n) is 6.04. The molecule has 0 aromatic heterocycles. The number of ether oxygens (including phenoxy) is 1. The molecule has 1 aromatic carbocycles. The van der Waals surface area contributed by atoms with E-state index in [0.29, 0.717) is 6.54 Å². The first kappa shape index (κ1) is 15.2. The van der Waals surface area contributed by atoms with Gasteiger partial charge < -0.3 is 14.7 Å². The van der Waals surface area contributed by atoms with Gasteiger partial charge in [-0.2, -0.15) is 0 Å². The maximum atomic E-state index is 11.7. The Labute approximate surface area is 112 Å². The third-order valence-corrected chi connectivity index (χ3v) is 2.77. The van der Waals surface area contributed by atoms with Crippen LogP contribution in [0.25, 0.3) is 0 Å². The maximum Gasteiger partial charge on any atom is 0.332 e. The Morgan fingerprint density at radius 2 is 1.89 bits per heavy atom. The van der Waals surface area contributed by atoms with Crippen LogP contribution in [-0.4, -0.2) is 41.6 Å². The molecule has 19 heavy (non-hydrogen) atoms. The first-order valence-corrected chi connectivity index (χ1v) is 6.04. The molecule has 0 radical (unpaired) electrons. The van der Waals surface area contributed by atoms with Crippen LogP contribution in [0.3, 0.4) is 0 Å². The average molecular weight is 265 g/mol. The van der Waals surface area contributed by atoms with Crippen molar-refractivity contribution < 1.29 is 19.4 Å². The van der Waals surface area contributed by atoms with E-state index in [2.05, 4.69) is 0 Å². The van der Waals surface area contributed by atoms with E-state index in [-0.39, 0.29) is 12.5 Å². The molecule has 5 heteroatoms. The molecule has 0 heterocycles. The minimum atomic E-state index is -1.08. The van der Waals surface area contributed by atoms with E-state index < -0.39 is 12.1 Å². The van der Waals surface area contributed by atoms with Gasteiger partial charge in [0, 0.05) is 13.6 Å². The van der Waals surface area contributed by atoms with Crippen LogP contribution in [0.1, 0.15) is 18.1 Å². The Morgan fingerprint density at radius 3 is 2.42 bits per heavy atom. The zero-order valence-electron chi connectivity index (χ0n) is 11.4. The van der Waals surface area contributed by atoms with Gasteiger partial charge in [-0.15, -0.1) is 0 Å². The largest absolute Gasteiger partial charge is 0.479 e. The van der Waals surface area contributed by atoms with Gasteiger partial charge in [0.15, 0.2) is 6.10 Å². The van der Waals surface area contributed by atoms with Crippen molar-refractivity contribution in [3.05, 3.63) is 35.4 Å². The summed E-state index contributed by atoms with van der Waals surface area (Å²) in [6.07, 6.45) is -0.975. The van der Waals surface area contributed by atoms with Crippen molar-refractivity contribution in [2.45, 2.75) is 26.5 Å². The molecule has 1 aromatic rings. The molecular weight excluding hydrogens is 246 g/mol. The number of likely N-dealkylation sites (N-methyl/N-ethyl adjacent to an activating group) is 1. The molecule has 0 spiro atoms. The van der Waals surface area contributed by atoms with Crippen LogP contribution in [0.4, 0.5) is 0 Å². The molecule has 1 unspecified atom stereocenters. The summed E-state index contributed by atoms with van der Waals surface area (Å²) < 4.78 is 4.95. The van der Waals surface area contributed by atoms with Crippen LogP contribution < -0.4 is 0 Å². The highest BCUT2D eigenvalue weighted by Crippen LogP contribution is 2.06. The van der Waals surface area contributed by atoms with Gasteiger partial charge in [-0.3, -0.25) is 4.79 Å². The molecule has 1 amide bonds. The standard InChI is InChI=1S/C14H19NO4/c1-10-4-6-12(7-5-10)8-15(3)13(16)9-19-11(2)14(17)18/h4-7,11H,8-9H2,1-3H3,(H,17,18). The van der Waals surface area contributed by atoms with Crippen molar-refractivity contribution in [3.63, 3.8) is 0 Å². The number of nitrogens with zero attached hydrogens (tertiary/aromatic N) is 1. The summed E-state index contributed by atoms with van der Waals surface area (Å²) in [7, 11) is 1.66. The zero-order chi connectivity index (χ0) is 14.4. The Balaban J connectivity index is 2.44. The highest BCUT2D eigenvalue weighted by molar-refractivity contribution is 5.78. The monoisotopic (exact) mass is 265 g/mol. The summed E-state index contributed by atoms with van der Waals surface area (Å²) in [6.45, 7) is 3.65. The predicted molar refractivity (Wildman–Crippen MR) is 70.7 cm³/mol. The van der Waals surface area contributed by atoms with Gasteiger partial charge in [0.05, 0.1) is 0 Å². The van der Waals surface area contributed by atoms with E-state index in [1.54, 1.807) is 7.05 Å². The number of amides is 1. The van der Waals surface area contributed by atoms with Crippen molar-refractivity contribution in [2.24, 2.45) is 0 Å². The molecule has 0 saturated carbocycles. The number of carbonyl (C=O) groups excluding carboxylic acids is 1. The lowest BCUT2D eigenvalue weighted by Gasteiger charge is -2.18. The van der Waals surface area contributed by atoms with Gasteiger partial charge >= 0.3 is 5.97 Å². The van der Waals surface area contributed by atoms with Gasteiger partial charge in [0.1, 0.15) is 6.61 Å². The summed E-state index contributed by atoms with van der Waals surface area (Å²) >= 11 is 0. The van der Waals surface area contributed by atoms with Crippen molar-refractivity contribution in [1.82, 2.24) is 4.90 Å². The van der Waals surface area contributed by atoms with Crippen LogP contribution in [0, 0.1) is 6.92 Å². The zero-order valence-corrected chi connectivity index (χ0v) is 11.4. The van der Waals surface area contributed by atoms with E-state index in [1.807, 2.05) is 31.2 Å². The van der Waals surface area contributed by atoms with Gasteiger partial charge in [-0.25, -0.2) is 4.79 Å². The van der Waals surface area contributed by atoms with Crippen molar-refractivity contribution in [3.8, 4) is 0 Å². The number of aryl methyl sites for hydroxylation is 1. The molecule has 1 atom stereocenters. The smallest absolute Gasteiger partial charge is 0.332 e. The summed E-state index contributed by atoms with van der Waals surface area (Å²) in [5, 5.41) is 8.64. The third-order valence-electron chi connectivity index (χ3n) is 2.77. The van der Waals surface area contributed by atoms with Crippen LogP contribution in [-0.2, 0) is 20.9 Å². The first-order chi connectivity index (χ1) is 8.90. The maximum absolute atomic E-state index is 11.7. The molecular formula is C14H19NO4. The number of hydrogen-bond acceptors (Lipinski definition) is 3. The Kier molecular flexibility index (Phi) is 5.51. The minimum Gasteiger partial charge on any atom is -0.479 e. The third kappa shape index (κ3) is 5.09. The SMILES string of the molecule is Cc1ccc(CN(C)C(=O)COC(C)C(=O)O)cc1. The topological polar surface area (TPSA) is 66.8 Å². The molecule has 1 rings (SSSR count). The Morgan fingerprint density at radius 1 is 1.32 bits per heavy atom. The second kappa shape index (κ2) is 6.89. The lowest BCUT2D eigenvalue weighted by Crippen LogP contribution is -2.32. The lowest BCUT2D eigenvalue weighted by molar-refractivity contribution is -0.152.